The summed E-state index contributed by atoms with van der Waals surface area (Å²) >= 11 is 1.39. The van der Waals surface area contributed by atoms with Crippen LogP contribution in [0.25, 0.3) is 0 Å². The first-order valence-corrected chi connectivity index (χ1v) is 8.74. The lowest BCUT2D eigenvalue weighted by molar-refractivity contribution is 0.436. The average molecular weight is 335 g/mol. The minimum absolute atomic E-state index is 0.344. The van der Waals surface area contributed by atoms with Crippen LogP contribution in [-0.2, 0) is 5.75 Å². The first-order valence-electron chi connectivity index (χ1n) is 7.75. The summed E-state index contributed by atoms with van der Waals surface area (Å²) in [4.78, 5) is 10.8. The molecular weight excluding hydrogens is 316 g/mol. The fourth-order valence-electron chi connectivity index (χ4n) is 2.63. The summed E-state index contributed by atoms with van der Waals surface area (Å²) in [5, 5.41) is 0.775. The summed E-state index contributed by atoms with van der Waals surface area (Å²) in [6.45, 7) is 4.27. The zero-order chi connectivity index (χ0) is 16.2. The molecule has 1 aromatic carbocycles. The standard InChI is InChI=1S/C17H19F2N3S/c1-12-4-6-22(7-5-12)16-9-17(21-11-20-16)23-10-13-8-14(18)2-3-15(13)19/h2-3,8-9,11-12H,4-7,10H2,1H3. The lowest BCUT2D eigenvalue weighted by Crippen LogP contribution is -2.33. The van der Waals surface area contributed by atoms with Gasteiger partial charge in [-0.25, -0.2) is 18.7 Å². The van der Waals surface area contributed by atoms with Crippen molar-refractivity contribution in [1.29, 1.82) is 0 Å². The van der Waals surface area contributed by atoms with Gasteiger partial charge < -0.3 is 4.90 Å². The van der Waals surface area contributed by atoms with Crippen LogP contribution in [0.5, 0.6) is 0 Å². The molecule has 0 aliphatic carbocycles. The summed E-state index contributed by atoms with van der Waals surface area (Å²) < 4.78 is 26.9. The summed E-state index contributed by atoms with van der Waals surface area (Å²) in [6.07, 6.45) is 3.87. The summed E-state index contributed by atoms with van der Waals surface area (Å²) in [5.41, 5.74) is 0.349. The van der Waals surface area contributed by atoms with E-state index in [-0.39, 0.29) is 0 Å². The molecule has 1 aromatic heterocycles. The molecular formula is C17H19F2N3S. The summed E-state index contributed by atoms with van der Waals surface area (Å²) in [5.74, 6) is 1.20. The normalized spacial score (nSPS) is 15.9. The molecule has 0 unspecified atom stereocenters. The van der Waals surface area contributed by atoms with Gasteiger partial charge >= 0.3 is 0 Å². The number of benzene rings is 1. The Morgan fingerprint density at radius 3 is 2.74 bits per heavy atom. The molecule has 6 heteroatoms. The zero-order valence-corrected chi connectivity index (χ0v) is 13.8. The van der Waals surface area contributed by atoms with Crippen LogP contribution in [0.15, 0.2) is 35.6 Å². The van der Waals surface area contributed by atoms with E-state index in [2.05, 4.69) is 21.8 Å². The van der Waals surface area contributed by atoms with E-state index in [4.69, 9.17) is 0 Å². The fraction of sp³-hybridized carbons (Fsp3) is 0.412. The van der Waals surface area contributed by atoms with Crippen LogP contribution in [-0.4, -0.2) is 23.1 Å². The monoisotopic (exact) mass is 335 g/mol. The molecule has 0 amide bonds. The van der Waals surface area contributed by atoms with Gasteiger partial charge in [-0.05, 0) is 37.0 Å². The summed E-state index contributed by atoms with van der Waals surface area (Å²) in [7, 11) is 0. The van der Waals surface area contributed by atoms with Crippen LogP contribution >= 0.6 is 11.8 Å². The van der Waals surface area contributed by atoms with E-state index in [0.717, 1.165) is 42.0 Å². The Morgan fingerprint density at radius 1 is 1.17 bits per heavy atom. The molecule has 2 aromatic rings. The van der Waals surface area contributed by atoms with E-state index >= 15 is 0 Å². The molecule has 0 N–H and O–H groups in total. The second kappa shape index (κ2) is 7.25. The highest BCUT2D eigenvalue weighted by atomic mass is 32.2. The van der Waals surface area contributed by atoms with Crippen LogP contribution in [0.3, 0.4) is 0 Å². The van der Waals surface area contributed by atoms with Gasteiger partial charge in [0, 0.05) is 30.5 Å². The predicted molar refractivity (Wildman–Crippen MR) is 88.6 cm³/mol. The van der Waals surface area contributed by atoms with Crippen LogP contribution in [0.4, 0.5) is 14.6 Å². The van der Waals surface area contributed by atoms with Crippen LogP contribution in [0.2, 0.25) is 0 Å². The molecule has 1 fully saturated rings. The third-order valence-electron chi connectivity index (χ3n) is 4.12. The van der Waals surface area contributed by atoms with Gasteiger partial charge in [0.2, 0.25) is 0 Å². The van der Waals surface area contributed by atoms with Crippen LogP contribution in [0.1, 0.15) is 25.3 Å². The minimum Gasteiger partial charge on any atom is -0.356 e. The Balaban J connectivity index is 1.67. The first-order chi connectivity index (χ1) is 11.1. The molecule has 122 valence electrons. The van der Waals surface area contributed by atoms with Gasteiger partial charge in [-0.15, -0.1) is 11.8 Å². The second-order valence-corrected chi connectivity index (χ2v) is 6.90. The van der Waals surface area contributed by atoms with Crippen molar-refractivity contribution in [3.63, 3.8) is 0 Å². The number of thioether (sulfide) groups is 1. The minimum atomic E-state index is -0.423. The van der Waals surface area contributed by atoms with Crippen LogP contribution < -0.4 is 4.90 Å². The second-order valence-electron chi connectivity index (χ2n) is 5.91. The maximum absolute atomic E-state index is 13.7. The number of halogens is 2. The van der Waals surface area contributed by atoms with Crippen molar-refractivity contribution in [3.05, 3.63) is 47.8 Å². The molecule has 23 heavy (non-hydrogen) atoms. The molecule has 0 atom stereocenters. The largest absolute Gasteiger partial charge is 0.356 e. The van der Waals surface area contributed by atoms with Crippen molar-refractivity contribution in [2.24, 2.45) is 5.92 Å². The molecule has 2 heterocycles. The molecule has 1 aliphatic heterocycles. The van der Waals surface area contributed by atoms with E-state index in [1.165, 1.54) is 37.0 Å². The van der Waals surface area contributed by atoms with Gasteiger partial charge in [0.25, 0.3) is 0 Å². The highest BCUT2D eigenvalue weighted by Gasteiger charge is 2.17. The molecule has 0 spiro atoms. The highest BCUT2D eigenvalue weighted by Crippen LogP contribution is 2.27. The number of anilines is 1. The zero-order valence-electron chi connectivity index (χ0n) is 13.0. The molecule has 3 nitrogen and oxygen atoms in total. The Bertz CT molecular complexity index is 673. The lowest BCUT2D eigenvalue weighted by atomic mass is 9.99. The van der Waals surface area contributed by atoms with Crippen molar-refractivity contribution >= 4 is 17.6 Å². The molecule has 1 aliphatic rings. The Hall–Kier alpha value is -1.69. The molecule has 3 rings (SSSR count). The number of piperidine rings is 1. The maximum atomic E-state index is 13.7. The topological polar surface area (TPSA) is 29.0 Å². The maximum Gasteiger partial charge on any atom is 0.133 e. The highest BCUT2D eigenvalue weighted by molar-refractivity contribution is 7.98. The average Bonchev–Trinajstić information content (AvgIpc) is 2.57. The van der Waals surface area contributed by atoms with Crippen molar-refractivity contribution in [3.8, 4) is 0 Å². The van der Waals surface area contributed by atoms with Gasteiger partial charge in [0.15, 0.2) is 0 Å². The van der Waals surface area contributed by atoms with Crippen molar-refractivity contribution in [2.45, 2.75) is 30.5 Å². The van der Waals surface area contributed by atoms with E-state index in [1.807, 2.05) is 6.07 Å². The Labute approximate surface area is 139 Å². The Morgan fingerprint density at radius 2 is 1.96 bits per heavy atom. The number of hydrogen-bond donors (Lipinski definition) is 0. The van der Waals surface area contributed by atoms with Crippen LogP contribution in [0, 0.1) is 17.6 Å². The van der Waals surface area contributed by atoms with E-state index < -0.39 is 11.6 Å². The SMILES string of the molecule is CC1CCN(c2cc(SCc3cc(F)ccc3F)ncn2)CC1. The quantitative estimate of drug-likeness (QED) is 0.616. The number of nitrogens with zero attached hydrogens (tertiary/aromatic N) is 3. The molecule has 1 saturated heterocycles. The fourth-order valence-corrected chi connectivity index (χ4v) is 3.46. The molecule has 0 saturated carbocycles. The van der Waals surface area contributed by atoms with E-state index in [0.29, 0.717) is 11.3 Å². The van der Waals surface area contributed by atoms with E-state index in [9.17, 15) is 8.78 Å². The van der Waals surface area contributed by atoms with Gasteiger partial charge in [-0.2, -0.15) is 0 Å². The van der Waals surface area contributed by atoms with Crippen molar-refractivity contribution < 1.29 is 8.78 Å². The summed E-state index contributed by atoms with van der Waals surface area (Å²) in [6, 6.07) is 5.45. The lowest BCUT2D eigenvalue weighted by Gasteiger charge is -2.31. The predicted octanol–water partition coefficient (Wildman–Crippen LogP) is 4.28. The van der Waals surface area contributed by atoms with Gasteiger partial charge in [-0.1, -0.05) is 6.92 Å². The number of hydrogen-bond acceptors (Lipinski definition) is 4. The molecule has 0 bridgehead atoms. The van der Waals surface area contributed by atoms with Gasteiger partial charge in [0.1, 0.15) is 28.8 Å². The van der Waals surface area contributed by atoms with Gasteiger partial charge in [0.05, 0.1) is 0 Å². The number of rotatable bonds is 4. The van der Waals surface area contributed by atoms with E-state index in [1.54, 1.807) is 0 Å². The Kier molecular flexibility index (Phi) is 5.10. The van der Waals surface area contributed by atoms with Gasteiger partial charge in [-0.3, -0.25) is 0 Å². The smallest absolute Gasteiger partial charge is 0.133 e. The number of aromatic nitrogens is 2. The third-order valence-corrected chi connectivity index (χ3v) is 5.09. The first kappa shape index (κ1) is 16.2. The third kappa shape index (κ3) is 4.19. The molecule has 0 radical (unpaired) electrons. The van der Waals surface area contributed by atoms with Crippen molar-refractivity contribution in [2.75, 3.05) is 18.0 Å². The van der Waals surface area contributed by atoms with Crippen molar-refractivity contribution in [1.82, 2.24) is 9.97 Å².